The zero-order chi connectivity index (χ0) is 22.2. The summed E-state index contributed by atoms with van der Waals surface area (Å²) in [4.78, 5) is 11.4. The minimum absolute atomic E-state index is 0.319. The van der Waals surface area contributed by atoms with E-state index in [4.69, 9.17) is 15.3 Å². The van der Waals surface area contributed by atoms with Crippen molar-refractivity contribution in [2.45, 2.75) is 77.7 Å². The molecule has 0 aliphatic heterocycles. The van der Waals surface area contributed by atoms with Crippen LogP contribution in [-0.2, 0) is 6.61 Å². The minimum atomic E-state index is -0.319. The second-order valence-corrected chi connectivity index (χ2v) is 7.96. The highest BCUT2D eigenvalue weighted by molar-refractivity contribution is 5.93. The number of ether oxygens (including phenoxy) is 2. The van der Waals surface area contributed by atoms with E-state index in [0.717, 1.165) is 24.3 Å². The summed E-state index contributed by atoms with van der Waals surface area (Å²) in [6, 6.07) is 14.9. The van der Waals surface area contributed by atoms with Gasteiger partial charge in [0.2, 0.25) is 0 Å². The fourth-order valence-corrected chi connectivity index (χ4v) is 3.41. The Morgan fingerprint density at radius 2 is 1.26 bits per heavy atom. The van der Waals surface area contributed by atoms with E-state index in [0.29, 0.717) is 17.9 Å². The molecular weight excluding hydrogens is 388 g/mol. The molecule has 1 amide bonds. The van der Waals surface area contributed by atoms with Crippen LogP contribution in [0.1, 0.15) is 87.1 Å². The van der Waals surface area contributed by atoms with Crippen molar-refractivity contribution in [3.63, 3.8) is 0 Å². The Balaban J connectivity index is 1.55. The predicted molar refractivity (Wildman–Crippen MR) is 126 cm³/mol. The molecule has 0 radical (unpaired) electrons. The van der Waals surface area contributed by atoms with Gasteiger partial charge >= 0.3 is 0 Å². The number of benzene rings is 2. The lowest BCUT2D eigenvalue weighted by atomic mass is 10.1. The Bertz CT molecular complexity index is 729. The zero-order valence-electron chi connectivity index (χ0n) is 18.9. The third-order valence-corrected chi connectivity index (χ3v) is 5.34. The van der Waals surface area contributed by atoms with Gasteiger partial charge in [-0.3, -0.25) is 10.2 Å². The summed E-state index contributed by atoms with van der Waals surface area (Å²) < 4.78 is 11.6. The lowest BCUT2D eigenvalue weighted by molar-refractivity contribution is 0.0953. The minimum Gasteiger partial charge on any atom is -0.494 e. The highest BCUT2D eigenvalue weighted by Gasteiger charge is 2.03. The van der Waals surface area contributed by atoms with Gasteiger partial charge in [0.1, 0.15) is 18.1 Å². The molecule has 0 atom stereocenters. The molecule has 5 nitrogen and oxygen atoms in total. The molecule has 0 aliphatic rings. The van der Waals surface area contributed by atoms with Crippen LogP contribution in [-0.4, -0.2) is 12.5 Å². The normalized spacial score (nSPS) is 10.6. The number of amides is 1. The molecule has 2 aromatic rings. The average molecular weight is 427 g/mol. The summed E-state index contributed by atoms with van der Waals surface area (Å²) in [5.41, 5.74) is 3.67. The van der Waals surface area contributed by atoms with Crippen LogP contribution in [0, 0.1) is 0 Å². The first-order chi connectivity index (χ1) is 15.2. The van der Waals surface area contributed by atoms with Gasteiger partial charge in [-0.05, 0) is 48.4 Å². The van der Waals surface area contributed by atoms with E-state index in [1.54, 1.807) is 24.3 Å². The lowest BCUT2D eigenvalue weighted by Crippen LogP contribution is -2.29. The Labute approximate surface area is 187 Å². The summed E-state index contributed by atoms with van der Waals surface area (Å²) in [7, 11) is 0. The van der Waals surface area contributed by atoms with Crippen LogP contribution in [0.15, 0.2) is 48.5 Å². The third kappa shape index (κ3) is 10.4. The summed E-state index contributed by atoms with van der Waals surface area (Å²) in [5.74, 6) is 6.41. The smallest absolute Gasteiger partial charge is 0.265 e. The molecule has 2 rings (SSSR count). The van der Waals surface area contributed by atoms with E-state index in [-0.39, 0.29) is 5.91 Å². The third-order valence-electron chi connectivity index (χ3n) is 5.34. The van der Waals surface area contributed by atoms with Crippen molar-refractivity contribution in [3.8, 4) is 11.5 Å². The van der Waals surface area contributed by atoms with E-state index in [9.17, 15) is 4.79 Å². The largest absolute Gasteiger partial charge is 0.494 e. The number of nitrogen functional groups attached to an aromatic ring is 1. The average Bonchev–Trinajstić information content (AvgIpc) is 2.82. The van der Waals surface area contributed by atoms with Gasteiger partial charge < -0.3 is 9.47 Å². The first kappa shape index (κ1) is 24.7. The monoisotopic (exact) mass is 426 g/mol. The molecule has 3 N–H and O–H groups in total. The molecule has 0 bridgehead atoms. The first-order valence-corrected chi connectivity index (χ1v) is 11.7. The van der Waals surface area contributed by atoms with Gasteiger partial charge in [-0.1, -0.05) is 76.8 Å². The van der Waals surface area contributed by atoms with Gasteiger partial charge in [-0.25, -0.2) is 5.84 Å². The first-order valence-electron chi connectivity index (χ1n) is 11.7. The molecule has 0 saturated heterocycles. The van der Waals surface area contributed by atoms with Crippen molar-refractivity contribution in [1.29, 1.82) is 0 Å². The number of carbonyl (C=O) groups is 1. The van der Waals surface area contributed by atoms with Crippen molar-refractivity contribution in [3.05, 3.63) is 59.7 Å². The molecule has 2 aromatic carbocycles. The second kappa shape index (κ2) is 15.3. The Hall–Kier alpha value is -2.53. The summed E-state index contributed by atoms with van der Waals surface area (Å²) >= 11 is 0. The Kier molecular flexibility index (Phi) is 12.2. The van der Waals surface area contributed by atoms with Gasteiger partial charge in [0.05, 0.1) is 6.61 Å². The standard InChI is InChI=1S/C26H38N2O3/c1-2-3-4-5-6-7-8-9-10-11-20-30-24-16-12-22(13-17-24)21-31-25-18-14-23(15-19-25)26(29)28-27/h12-19H,2-11,20-21,27H2,1H3,(H,28,29). The molecule has 0 unspecified atom stereocenters. The van der Waals surface area contributed by atoms with E-state index in [1.165, 1.54) is 57.8 Å². The summed E-state index contributed by atoms with van der Waals surface area (Å²) in [5, 5.41) is 0. The number of unbranched alkanes of at least 4 members (excludes halogenated alkanes) is 9. The van der Waals surface area contributed by atoms with Crippen LogP contribution < -0.4 is 20.7 Å². The number of rotatable bonds is 16. The van der Waals surface area contributed by atoms with Crippen molar-refractivity contribution in [1.82, 2.24) is 5.43 Å². The molecular formula is C26H38N2O3. The van der Waals surface area contributed by atoms with E-state index in [1.807, 2.05) is 24.3 Å². The Morgan fingerprint density at radius 3 is 1.84 bits per heavy atom. The van der Waals surface area contributed by atoms with E-state index >= 15 is 0 Å². The molecule has 0 saturated carbocycles. The lowest BCUT2D eigenvalue weighted by Gasteiger charge is -2.09. The number of hydrogen-bond acceptors (Lipinski definition) is 4. The fraction of sp³-hybridized carbons (Fsp3) is 0.500. The van der Waals surface area contributed by atoms with Crippen molar-refractivity contribution < 1.29 is 14.3 Å². The van der Waals surface area contributed by atoms with Gasteiger partial charge in [0, 0.05) is 5.56 Å². The number of hydrogen-bond donors (Lipinski definition) is 2. The fourth-order valence-electron chi connectivity index (χ4n) is 3.41. The summed E-state index contributed by atoms with van der Waals surface area (Å²) in [6.45, 7) is 3.50. The number of nitrogens with one attached hydrogen (secondary N) is 1. The Morgan fingerprint density at radius 1 is 0.742 bits per heavy atom. The predicted octanol–water partition coefficient (Wildman–Crippen LogP) is 6.17. The van der Waals surface area contributed by atoms with Crippen LogP contribution in [0.5, 0.6) is 11.5 Å². The van der Waals surface area contributed by atoms with Crippen LogP contribution in [0.3, 0.4) is 0 Å². The van der Waals surface area contributed by atoms with Gasteiger partial charge in [0.15, 0.2) is 0 Å². The van der Waals surface area contributed by atoms with Crippen LogP contribution in [0.4, 0.5) is 0 Å². The quantitative estimate of drug-likeness (QED) is 0.146. The van der Waals surface area contributed by atoms with Crippen molar-refractivity contribution >= 4 is 5.91 Å². The highest BCUT2D eigenvalue weighted by atomic mass is 16.5. The molecule has 0 aliphatic carbocycles. The maximum atomic E-state index is 11.4. The maximum absolute atomic E-state index is 11.4. The van der Waals surface area contributed by atoms with Crippen LogP contribution in [0.2, 0.25) is 0 Å². The van der Waals surface area contributed by atoms with Crippen LogP contribution in [0.25, 0.3) is 0 Å². The van der Waals surface area contributed by atoms with Crippen LogP contribution >= 0.6 is 0 Å². The van der Waals surface area contributed by atoms with Gasteiger partial charge in [-0.15, -0.1) is 0 Å². The zero-order valence-corrected chi connectivity index (χ0v) is 18.9. The second-order valence-electron chi connectivity index (χ2n) is 7.96. The molecule has 0 heterocycles. The van der Waals surface area contributed by atoms with Gasteiger partial charge in [0.25, 0.3) is 5.91 Å². The number of carbonyl (C=O) groups excluding carboxylic acids is 1. The molecule has 170 valence electrons. The molecule has 0 aromatic heterocycles. The molecule has 0 spiro atoms. The number of nitrogens with two attached hydrogens (primary N) is 1. The highest BCUT2D eigenvalue weighted by Crippen LogP contribution is 2.17. The molecule has 5 heteroatoms. The topological polar surface area (TPSA) is 73.6 Å². The van der Waals surface area contributed by atoms with E-state index < -0.39 is 0 Å². The van der Waals surface area contributed by atoms with Crippen molar-refractivity contribution in [2.75, 3.05) is 6.61 Å². The molecule has 0 fully saturated rings. The number of hydrazine groups is 1. The van der Waals surface area contributed by atoms with Crippen molar-refractivity contribution in [2.24, 2.45) is 5.84 Å². The summed E-state index contributed by atoms with van der Waals surface area (Å²) in [6.07, 6.45) is 13.3. The molecule has 31 heavy (non-hydrogen) atoms. The van der Waals surface area contributed by atoms with Gasteiger partial charge in [-0.2, -0.15) is 0 Å². The SMILES string of the molecule is CCCCCCCCCCCCOc1ccc(COc2ccc(C(=O)NN)cc2)cc1. The van der Waals surface area contributed by atoms with E-state index in [2.05, 4.69) is 12.3 Å². The maximum Gasteiger partial charge on any atom is 0.265 e.